The van der Waals surface area contributed by atoms with Crippen LogP contribution in [-0.2, 0) is 12.0 Å². The molecule has 7 heteroatoms. The van der Waals surface area contributed by atoms with Gasteiger partial charge < -0.3 is 5.32 Å². The summed E-state index contributed by atoms with van der Waals surface area (Å²) in [6, 6.07) is 4.59. The van der Waals surface area contributed by atoms with Crippen LogP contribution < -0.4 is 5.32 Å². The Morgan fingerprint density at radius 2 is 2.14 bits per heavy atom. The number of nitrogens with one attached hydrogen (secondary N) is 1. The Morgan fingerprint density at radius 1 is 1.43 bits per heavy atom. The van der Waals surface area contributed by atoms with Crippen LogP contribution in [0.25, 0.3) is 0 Å². The molecule has 112 valence electrons. The van der Waals surface area contributed by atoms with Crippen molar-refractivity contribution < 1.29 is 4.92 Å². The van der Waals surface area contributed by atoms with Crippen LogP contribution in [0.2, 0.25) is 5.02 Å². The third-order valence-electron chi connectivity index (χ3n) is 2.80. The van der Waals surface area contributed by atoms with Gasteiger partial charge in [0.25, 0.3) is 5.69 Å². The van der Waals surface area contributed by atoms with Gasteiger partial charge in [-0.15, -0.1) is 11.3 Å². The van der Waals surface area contributed by atoms with Gasteiger partial charge in [0.1, 0.15) is 5.69 Å². The van der Waals surface area contributed by atoms with Gasteiger partial charge in [-0.1, -0.05) is 32.4 Å². The molecule has 0 bridgehead atoms. The highest BCUT2D eigenvalue weighted by molar-refractivity contribution is 7.11. The SMILES string of the molecule is CC(C)(C)c1ncc(CNc2ccc(Cl)cc2[N+](=O)[O-])s1. The van der Waals surface area contributed by atoms with E-state index >= 15 is 0 Å². The van der Waals surface area contributed by atoms with Crippen LogP contribution in [0.15, 0.2) is 24.4 Å². The van der Waals surface area contributed by atoms with Gasteiger partial charge in [-0.25, -0.2) is 4.98 Å². The van der Waals surface area contributed by atoms with E-state index in [0.717, 1.165) is 9.88 Å². The number of hydrogen-bond acceptors (Lipinski definition) is 5. The van der Waals surface area contributed by atoms with E-state index in [1.54, 1.807) is 29.7 Å². The Balaban J connectivity index is 2.13. The summed E-state index contributed by atoms with van der Waals surface area (Å²) in [5, 5.41) is 15.5. The van der Waals surface area contributed by atoms with Crippen molar-refractivity contribution in [3.8, 4) is 0 Å². The normalized spacial score (nSPS) is 11.4. The third kappa shape index (κ3) is 3.92. The number of nitro benzene ring substituents is 1. The molecule has 0 aliphatic heterocycles. The summed E-state index contributed by atoms with van der Waals surface area (Å²) in [5.74, 6) is 0. The van der Waals surface area contributed by atoms with Gasteiger partial charge in [0.2, 0.25) is 0 Å². The molecule has 0 aliphatic carbocycles. The van der Waals surface area contributed by atoms with Crippen molar-refractivity contribution in [1.82, 2.24) is 4.98 Å². The zero-order valence-corrected chi connectivity index (χ0v) is 13.6. The molecule has 0 saturated heterocycles. The smallest absolute Gasteiger partial charge is 0.293 e. The molecule has 0 aliphatic rings. The Kier molecular flexibility index (Phi) is 4.49. The molecule has 21 heavy (non-hydrogen) atoms. The maximum atomic E-state index is 11.0. The zero-order chi connectivity index (χ0) is 15.6. The van der Waals surface area contributed by atoms with Gasteiger partial charge in [0.15, 0.2) is 0 Å². The Hall–Kier alpha value is -1.66. The molecule has 1 heterocycles. The largest absolute Gasteiger partial charge is 0.375 e. The minimum Gasteiger partial charge on any atom is -0.375 e. The van der Waals surface area contributed by atoms with Crippen molar-refractivity contribution in [3.63, 3.8) is 0 Å². The number of aromatic nitrogens is 1. The van der Waals surface area contributed by atoms with Gasteiger partial charge >= 0.3 is 0 Å². The topological polar surface area (TPSA) is 68.1 Å². The van der Waals surface area contributed by atoms with Crippen LogP contribution in [0.3, 0.4) is 0 Å². The summed E-state index contributed by atoms with van der Waals surface area (Å²) < 4.78 is 0. The lowest BCUT2D eigenvalue weighted by atomic mass is 9.98. The first kappa shape index (κ1) is 15.7. The molecular weight excluding hydrogens is 310 g/mol. The summed E-state index contributed by atoms with van der Waals surface area (Å²) >= 11 is 7.40. The predicted molar refractivity (Wildman–Crippen MR) is 86.2 cm³/mol. The number of nitrogens with zero attached hydrogens (tertiary/aromatic N) is 2. The number of halogens is 1. The van der Waals surface area contributed by atoms with Gasteiger partial charge in [-0.05, 0) is 12.1 Å². The van der Waals surface area contributed by atoms with Gasteiger partial charge in [0.05, 0.1) is 16.5 Å². The summed E-state index contributed by atoms with van der Waals surface area (Å²) in [6.45, 7) is 6.81. The van der Waals surface area contributed by atoms with Crippen LogP contribution in [0.5, 0.6) is 0 Å². The number of anilines is 1. The molecule has 0 radical (unpaired) electrons. The first-order valence-corrected chi connectivity index (χ1v) is 7.60. The molecule has 0 saturated carbocycles. The monoisotopic (exact) mass is 325 g/mol. The first-order valence-electron chi connectivity index (χ1n) is 6.40. The van der Waals surface area contributed by atoms with Gasteiger partial charge in [0, 0.05) is 27.6 Å². The van der Waals surface area contributed by atoms with E-state index in [9.17, 15) is 10.1 Å². The molecule has 0 amide bonds. The van der Waals surface area contributed by atoms with Crippen molar-refractivity contribution in [3.05, 3.63) is 49.4 Å². The zero-order valence-electron chi connectivity index (χ0n) is 12.0. The van der Waals surface area contributed by atoms with Crippen LogP contribution in [0, 0.1) is 10.1 Å². The molecule has 0 spiro atoms. The molecule has 1 aromatic heterocycles. The van der Waals surface area contributed by atoms with E-state index in [4.69, 9.17) is 11.6 Å². The fourth-order valence-corrected chi connectivity index (χ4v) is 2.80. The second kappa shape index (κ2) is 5.99. The number of nitro groups is 1. The molecule has 0 fully saturated rings. The lowest BCUT2D eigenvalue weighted by Crippen LogP contribution is -2.09. The predicted octanol–water partition coefficient (Wildman–Crippen LogP) is 4.61. The van der Waals surface area contributed by atoms with E-state index in [0.29, 0.717) is 17.3 Å². The molecule has 5 nitrogen and oxygen atoms in total. The second-order valence-corrected chi connectivity index (χ2v) is 7.21. The highest BCUT2D eigenvalue weighted by atomic mass is 35.5. The van der Waals surface area contributed by atoms with Gasteiger partial charge in [-0.3, -0.25) is 10.1 Å². The van der Waals surface area contributed by atoms with E-state index in [1.165, 1.54) is 6.07 Å². The maximum absolute atomic E-state index is 11.0. The number of benzene rings is 1. The molecule has 2 rings (SSSR count). The molecule has 1 aromatic carbocycles. The van der Waals surface area contributed by atoms with Crippen molar-refractivity contribution in [1.29, 1.82) is 0 Å². The van der Waals surface area contributed by atoms with E-state index in [2.05, 4.69) is 31.1 Å². The fraction of sp³-hybridized carbons (Fsp3) is 0.357. The van der Waals surface area contributed by atoms with Crippen molar-refractivity contribution in [2.24, 2.45) is 0 Å². The van der Waals surface area contributed by atoms with Crippen LogP contribution in [-0.4, -0.2) is 9.91 Å². The summed E-state index contributed by atoms with van der Waals surface area (Å²) in [6.07, 6.45) is 1.81. The lowest BCUT2D eigenvalue weighted by molar-refractivity contribution is -0.383. The van der Waals surface area contributed by atoms with Crippen molar-refractivity contribution in [2.45, 2.75) is 32.7 Å². The minimum absolute atomic E-state index is 0.00911. The number of thiazole rings is 1. The van der Waals surface area contributed by atoms with Crippen LogP contribution in [0.1, 0.15) is 30.7 Å². The lowest BCUT2D eigenvalue weighted by Gasteiger charge is -2.13. The maximum Gasteiger partial charge on any atom is 0.293 e. The summed E-state index contributed by atoms with van der Waals surface area (Å²) in [7, 11) is 0. The van der Waals surface area contributed by atoms with Crippen molar-refractivity contribution >= 4 is 34.3 Å². The molecule has 0 unspecified atom stereocenters. The average molecular weight is 326 g/mol. The van der Waals surface area contributed by atoms with Crippen LogP contribution in [0.4, 0.5) is 11.4 Å². The number of hydrogen-bond donors (Lipinski definition) is 1. The fourth-order valence-electron chi connectivity index (χ4n) is 1.72. The molecule has 2 aromatic rings. The third-order valence-corrected chi connectivity index (χ3v) is 4.46. The Labute approximate surface area is 132 Å². The first-order chi connectivity index (χ1) is 9.77. The number of rotatable bonds is 4. The standard InChI is InChI=1S/C14H16ClN3O2S/c1-14(2,3)13-17-8-10(21-13)7-16-11-5-4-9(15)6-12(11)18(19)20/h4-6,8,16H,7H2,1-3H3. The molecule has 1 N–H and O–H groups in total. The highest BCUT2D eigenvalue weighted by Gasteiger charge is 2.18. The molecular formula is C14H16ClN3O2S. The molecule has 0 atom stereocenters. The van der Waals surface area contributed by atoms with E-state index < -0.39 is 4.92 Å². The van der Waals surface area contributed by atoms with Crippen molar-refractivity contribution in [2.75, 3.05) is 5.32 Å². The second-order valence-electron chi connectivity index (χ2n) is 5.65. The summed E-state index contributed by atoms with van der Waals surface area (Å²) in [4.78, 5) is 16.0. The minimum atomic E-state index is -0.443. The highest BCUT2D eigenvalue weighted by Crippen LogP contribution is 2.30. The average Bonchev–Trinajstić information content (AvgIpc) is 2.85. The summed E-state index contributed by atoms with van der Waals surface area (Å²) in [5.41, 5.74) is 0.438. The Morgan fingerprint density at radius 3 is 2.71 bits per heavy atom. The van der Waals surface area contributed by atoms with E-state index in [-0.39, 0.29) is 11.1 Å². The van der Waals surface area contributed by atoms with Gasteiger partial charge in [-0.2, -0.15) is 0 Å². The Bertz CT molecular complexity index is 664. The van der Waals surface area contributed by atoms with Crippen LogP contribution >= 0.6 is 22.9 Å². The van der Waals surface area contributed by atoms with E-state index in [1.807, 2.05) is 0 Å². The quantitative estimate of drug-likeness (QED) is 0.658.